The first-order chi connectivity index (χ1) is 11.7. The van der Waals surface area contributed by atoms with Crippen molar-refractivity contribution in [1.82, 2.24) is 10.2 Å². The molecule has 1 saturated heterocycles. The Kier molecular flexibility index (Phi) is 6.80. The second kappa shape index (κ2) is 8.45. The zero-order valence-electron chi connectivity index (χ0n) is 15.1. The Balaban J connectivity index is 1.80. The lowest BCUT2D eigenvalue weighted by Gasteiger charge is -2.36. The topological polar surface area (TPSA) is 32.3 Å². The molecule has 0 bridgehead atoms. The Labute approximate surface area is 153 Å². The van der Waals surface area contributed by atoms with E-state index in [9.17, 15) is 13.6 Å². The van der Waals surface area contributed by atoms with Crippen molar-refractivity contribution in [2.45, 2.75) is 39.8 Å². The van der Waals surface area contributed by atoms with Gasteiger partial charge in [-0.1, -0.05) is 32.4 Å². The summed E-state index contributed by atoms with van der Waals surface area (Å²) in [6, 6.07) is 3.90. The largest absolute Gasteiger partial charge is 0.352 e. The lowest BCUT2D eigenvalue weighted by Crippen LogP contribution is -2.46. The summed E-state index contributed by atoms with van der Waals surface area (Å²) in [4.78, 5) is 14.2. The molecule has 1 aliphatic rings. The van der Waals surface area contributed by atoms with Crippen LogP contribution in [-0.2, 0) is 0 Å². The van der Waals surface area contributed by atoms with Crippen molar-refractivity contribution in [3.8, 4) is 0 Å². The van der Waals surface area contributed by atoms with Crippen LogP contribution in [0.5, 0.6) is 0 Å². The average molecular weight is 373 g/mol. The third-order valence-electron chi connectivity index (χ3n) is 4.64. The molecular weight excluding hydrogens is 346 g/mol. The number of hydrogen-bond acceptors (Lipinski definition) is 2. The summed E-state index contributed by atoms with van der Waals surface area (Å²) in [5, 5.41) is 2.68. The molecule has 1 fully saturated rings. The number of rotatable bonds is 5. The van der Waals surface area contributed by atoms with Gasteiger partial charge in [-0.3, -0.25) is 4.79 Å². The quantitative estimate of drug-likeness (QED) is 0.835. The van der Waals surface area contributed by atoms with Crippen LogP contribution in [-0.4, -0.2) is 43.2 Å². The number of piperidine rings is 1. The van der Waals surface area contributed by atoms with E-state index in [1.54, 1.807) is 0 Å². The fourth-order valence-electron chi connectivity index (χ4n) is 2.91. The molecule has 2 atom stereocenters. The van der Waals surface area contributed by atoms with Gasteiger partial charge in [0.1, 0.15) is 12.0 Å². The smallest absolute Gasteiger partial charge is 0.251 e. The first-order valence-electron chi connectivity index (χ1n) is 8.75. The zero-order valence-corrected chi connectivity index (χ0v) is 15.9. The average Bonchev–Trinajstić information content (AvgIpc) is 2.53. The molecule has 1 aromatic carbocycles. The summed E-state index contributed by atoms with van der Waals surface area (Å²) in [7, 11) is 0. The highest BCUT2D eigenvalue weighted by Crippen LogP contribution is 2.24. The van der Waals surface area contributed by atoms with E-state index < -0.39 is 17.9 Å². The fourth-order valence-corrected chi connectivity index (χ4v) is 3.02. The van der Waals surface area contributed by atoms with Crippen LogP contribution < -0.4 is 5.32 Å². The number of carbonyl (C=O) groups is 1. The predicted octanol–water partition coefficient (Wildman–Crippen LogP) is 4.31. The van der Waals surface area contributed by atoms with Gasteiger partial charge in [-0.25, -0.2) is 8.78 Å². The number of likely N-dealkylation sites (tertiary alicyclic amines) is 1. The second-order valence-electron chi connectivity index (χ2n) is 8.01. The van der Waals surface area contributed by atoms with E-state index in [1.165, 1.54) is 12.1 Å². The van der Waals surface area contributed by atoms with E-state index in [2.05, 4.69) is 31.0 Å². The Hall–Kier alpha value is -1.20. The zero-order chi connectivity index (χ0) is 18.6. The molecule has 0 aliphatic carbocycles. The van der Waals surface area contributed by atoms with Crippen molar-refractivity contribution in [2.24, 2.45) is 11.3 Å². The van der Waals surface area contributed by atoms with Gasteiger partial charge in [0.15, 0.2) is 0 Å². The monoisotopic (exact) mass is 372 g/mol. The number of hydrogen-bond donors (Lipinski definition) is 1. The first kappa shape index (κ1) is 20.1. The van der Waals surface area contributed by atoms with Gasteiger partial charge in [0, 0.05) is 24.6 Å². The van der Waals surface area contributed by atoms with Gasteiger partial charge in [0.05, 0.1) is 5.02 Å². The van der Waals surface area contributed by atoms with Crippen LogP contribution in [0.25, 0.3) is 0 Å². The van der Waals surface area contributed by atoms with E-state index in [0.717, 1.165) is 25.6 Å². The number of benzene rings is 1. The third kappa shape index (κ3) is 6.23. The molecule has 1 amide bonds. The summed E-state index contributed by atoms with van der Waals surface area (Å²) in [6.07, 6.45) is 0.778. The van der Waals surface area contributed by atoms with Crippen molar-refractivity contribution in [3.05, 3.63) is 34.6 Å². The van der Waals surface area contributed by atoms with Crippen LogP contribution in [0.1, 0.15) is 44.0 Å². The molecule has 2 unspecified atom stereocenters. The molecule has 0 saturated carbocycles. The van der Waals surface area contributed by atoms with E-state index in [1.807, 2.05) is 0 Å². The maximum absolute atomic E-state index is 14.4. The predicted molar refractivity (Wildman–Crippen MR) is 97.3 cm³/mol. The minimum absolute atomic E-state index is 0.0250. The molecule has 0 aromatic heterocycles. The molecule has 2 rings (SSSR count). The first-order valence-corrected chi connectivity index (χ1v) is 9.13. The fraction of sp³-hybridized carbons (Fsp3) is 0.632. The molecule has 3 nitrogen and oxygen atoms in total. The van der Waals surface area contributed by atoms with Gasteiger partial charge >= 0.3 is 0 Å². The molecule has 0 spiro atoms. The van der Waals surface area contributed by atoms with Gasteiger partial charge in [0.25, 0.3) is 5.91 Å². The normalized spacial score (nSPS) is 22.0. The van der Waals surface area contributed by atoms with E-state index in [0.29, 0.717) is 13.0 Å². The van der Waals surface area contributed by atoms with Gasteiger partial charge in [0.2, 0.25) is 0 Å². The molecular formula is C19H27ClF2N2O. The number of nitrogens with zero attached hydrogens (tertiary/aromatic N) is 1. The second-order valence-corrected chi connectivity index (χ2v) is 8.42. The molecule has 6 heteroatoms. The minimum Gasteiger partial charge on any atom is -0.352 e. The number of amides is 1. The Morgan fingerprint density at radius 1 is 1.40 bits per heavy atom. The van der Waals surface area contributed by atoms with Gasteiger partial charge in [-0.15, -0.1) is 0 Å². The van der Waals surface area contributed by atoms with E-state index >= 15 is 0 Å². The molecule has 1 N–H and O–H groups in total. The molecule has 0 radical (unpaired) electrons. The summed E-state index contributed by atoms with van der Waals surface area (Å²) >= 11 is 5.61. The number of halogens is 3. The Morgan fingerprint density at radius 2 is 2.12 bits per heavy atom. The standard InChI is InChI=1S/C19H27ClF2N2O/c1-19(2,3)7-9-24-8-6-14(17(22)12-24)11-23-18(25)13-4-5-15(20)16(21)10-13/h4-5,10,14,17H,6-9,11-12H2,1-3H3,(H,23,25). The molecule has 25 heavy (non-hydrogen) atoms. The van der Waals surface area contributed by atoms with E-state index in [4.69, 9.17) is 11.6 Å². The van der Waals surface area contributed by atoms with E-state index in [-0.39, 0.29) is 28.5 Å². The highest BCUT2D eigenvalue weighted by atomic mass is 35.5. The van der Waals surface area contributed by atoms with Crippen LogP contribution in [0, 0.1) is 17.2 Å². The lowest BCUT2D eigenvalue weighted by molar-refractivity contribution is 0.0724. The SMILES string of the molecule is CC(C)(C)CCN1CCC(CNC(=O)c2ccc(Cl)c(F)c2)C(F)C1. The number of nitrogens with one attached hydrogen (secondary N) is 1. The highest BCUT2D eigenvalue weighted by molar-refractivity contribution is 6.30. The Morgan fingerprint density at radius 3 is 2.72 bits per heavy atom. The minimum atomic E-state index is -0.962. The molecule has 140 valence electrons. The van der Waals surface area contributed by atoms with Crippen LogP contribution in [0.2, 0.25) is 5.02 Å². The molecule has 1 heterocycles. The number of carbonyl (C=O) groups excluding carboxylic acids is 1. The molecule has 1 aliphatic heterocycles. The van der Waals surface area contributed by atoms with Gasteiger partial charge in [-0.05, 0) is 49.5 Å². The van der Waals surface area contributed by atoms with Crippen LogP contribution in [0.3, 0.4) is 0 Å². The van der Waals surface area contributed by atoms with Crippen molar-refractivity contribution < 1.29 is 13.6 Å². The van der Waals surface area contributed by atoms with Crippen LogP contribution in [0.15, 0.2) is 18.2 Å². The summed E-state index contributed by atoms with van der Waals surface area (Å²) in [6.45, 7) is 8.95. The van der Waals surface area contributed by atoms with Gasteiger partial charge in [-0.2, -0.15) is 0 Å². The van der Waals surface area contributed by atoms with Crippen molar-refractivity contribution in [2.75, 3.05) is 26.2 Å². The van der Waals surface area contributed by atoms with Crippen LogP contribution >= 0.6 is 11.6 Å². The van der Waals surface area contributed by atoms with Gasteiger partial charge < -0.3 is 10.2 Å². The Bertz CT molecular complexity index is 604. The highest BCUT2D eigenvalue weighted by Gasteiger charge is 2.29. The third-order valence-corrected chi connectivity index (χ3v) is 4.95. The summed E-state index contributed by atoms with van der Waals surface area (Å²) in [5.74, 6) is -1.24. The van der Waals surface area contributed by atoms with Crippen LogP contribution in [0.4, 0.5) is 8.78 Å². The van der Waals surface area contributed by atoms with Crippen molar-refractivity contribution >= 4 is 17.5 Å². The van der Waals surface area contributed by atoms with Crippen molar-refractivity contribution in [3.63, 3.8) is 0 Å². The summed E-state index contributed by atoms with van der Waals surface area (Å²) in [5.41, 5.74) is 0.435. The lowest BCUT2D eigenvalue weighted by atomic mass is 9.90. The maximum atomic E-state index is 14.4. The van der Waals surface area contributed by atoms with Crippen molar-refractivity contribution in [1.29, 1.82) is 0 Å². The summed E-state index contributed by atoms with van der Waals surface area (Å²) < 4.78 is 27.8. The molecule has 1 aromatic rings. The maximum Gasteiger partial charge on any atom is 0.251 e. The number of alkyl halides is 1.